The Labute approximate surface area is 182 Å². The Balaban J connectivity index is 3.30. The summed E-state index contributed by atoms with van der Waals surface area (Å²) in [5, 5.41) is 0. The minimum atomic E-state index is -3.85. The first-order chi connectivity index (χ1) is 14.1. The van der Waals surface area contributed by atoms with Crippen LogP contribution in [0.2, 0.25) is 0 Å². The predicted molar refractivity (Wildman–Crippen MR) is 125 cm³/mol. The molecule has 0 heterocycles. The zero-order valence-electron chi connectivity index (χ0n) is 19.7. The van der Waals surface area contributed by atoms with Crippen LogP contribution < -0.4 is 0 Å². The van der Waals surface area contributed by atoms with Gasteiger partial charge in [-0.05, 0) is 12.8 Å². The van der Waals surface area contributed by atoms with E-state index in [1.54, 1.807) is 0 Å². The lowest BCUT2D eigenvalue weighted by molar-refractivity contribution is 0.145. The average molecular weight is 435 g/mol. The van der Waals surface area contributed by atoms with Crippen molar-refractivity contribution < 1.29 is 18.5 Å². The van der Waals surface area contributed by atoms with E-state index in [-0.39, 0.29) is 0 Å². The molecule has 0 bridgehead atoms. The van der Waals surface area contributed by atoms with E-state index < -0.39 is 7.82 Å². The fourth-order valence-corrected chi connectivity index (χ4v) is 4.37. The first-order valence-electron chi connectivity index (χ1n) is 12.7. The first kappa shape index (κ1) is 29.1. The largest absolute Gasteiger partial charge is 0.472 e. The molecule has 0 aliphatic heterocycles. The van der Waals surface area contributed by atoms with Gasteiger partial charge in [-0.25, -0.2) is 4.57 Å². The van der Waals surface area contributed by atoms with Gasteiger partial charge in [-0.2, -0.15) is 0 Å². The number of phosphoric acid groups is 1. The molecular weight excluding hydrogens is 383 g/mol. The van der Waals surface area contributed by atoms with Crippen molar-refractivity contribution in [1.82, 2.24) is 0 Å². The standard InChI is InChI=1S/C24H51O4P/c1-3-5-7-9-11-13-14-15-16-18-20-22-24-28-29(25,26)27-23-21-19-17-12-10-8-6-4-2/h3-24H2,1-2H3,(H,25,26). The molecule has 0 aromatic rings. The van der Waals surface area contributed by atoms with Crippen molar-refractivity contribution in [2.45, 2.75) is 142 Å². The van der Waals surface area contributed by atoms with Gasteiger partial charge in [0, 0.05) is 0 Å². The number of unbranched alkanes of at least 4 members (excludes halogenated alkanes) is 18. The molecule has 0 saturated carbocycles. The Bertz CT molecular complexity index is 363. The molecule has 1 atom stereocenters. The van der Waals surface area contributed by atoms with Gasteiger partial charge in [0.25, 0.3) is 0 Å². The molecule has 0 aromatic heterocycles. The summed E-state index contributed by atoms with van der Waals surface area (Å²) in [7, 11) is -3.85. The van der Waals surface area contributed by atoms with Gasteiger partial charge < -0.3 is 4.89 Å². The van der Waals surface area contributed by atoms with Crippen molar-refractivity contribution in [1.29, 1.82) is 0 Å². The molecule has 1 unspecified atom stereocenters. The van der Waals surface area contributed by atoms with E-state index in [1.165, 1.54) is 103 Å². The van der Waals surface area contributed by atoms with Crippen LogP contribution in [-0.4, -0.2) is 18.1 Å². The monoisotopic (exact) mass is 434 g/mol. The van der Waals surface area contributed by atoms with E-state index in [2.05, 4.69) is 13.8 Å². The summed E-state index contributed by atoms with van der Waals surface area (Å²) in [5.41, 5.74) is 0. The Hall–Kier alpha value is 0.110. The highest BCUT2D eigenvalue weighted by Crippen LogP contribution is 2.43. The van der Waals surface area contributed by atoms with Crippen LogP contribution in [0.5, 0.6) is 0 Å². The molecule has 4 nitrogen and oxygen atoms in total. The van der Waals surface area contributed by atoms with E-state index in [1.807, 2.05) is 0 Å². The van der Waals surface area contributed by atoms with Crippen LogP contribution in [0.1, 0.15) is 142 Å². The van der Waals surface area contributed by atoms with Crippen molar-refractivity contribution in [3.05, 3.63) is 0 Å². The molecule has 0 rings (SSSR count). The molecule has 0 aliphatic rings. The normalized spacial score (nSPS) is 13.6. The zero-order chi connectivity index (χ0) is 21.5. The maximum Gasteiger partial charge on any atom is 0.472 e. The summed E-state index contributed by atoms with van der Waals surface area (Å²) in [4.78, 5) is 9.70. The maximum atomic E-state index is 11.8. The third kappa shape index (κ3) is 24.3. The number of hydrogen-bond acceptors (Lipinski definition) is 3. The van der Waals surface area contributed by atoms with Crippen molar-refractivity contribution in [3.8, 4) is 0 Å². The van der Waals surface area contributed by atoms with Crippen molar-refractivity contribution in [2.75, 3.05) is 13.2 Å². The highest BCUT2D eigenvalue weighted by Gasteiger charge is 2.19. The number of hydrogen-bond donors (Lipinski definition) is 1. The van der Waals surface area contributed by atoms with Gasteiger partial charge in [-0.1, -0.05) is 129 Å². The van der Waals surface area contributed by atoms with Crippen molar-refractivity contribution in [2.24, 2.45) is 0 Å². The van der Waals surface area contributed by atoms with E-state index in [4.69, 9.17) is 9.05 Å². The Morgan fingerprint density at radius 3 is 1.00 bits per heavy atom. The molecule has 0 fully saturated rings. The maximum absolute atomic E-state index is 11.8. The topological polar surface area (TPSA) is 55.8 Å². The van der Waals surface area contributed by atoms with Gasteiger partial charge in [0.05, 0.1) is 13.2 Å². The Morgan fingerprint density at radius 1 is 0.483 bits per heavy atom. The number of phosphoric ester groups is 1. The van der Waals surface area contributed by atoms with Gasteiger partial charge in [0.2, 0.25) is 0 Å². The van der Waals surface area contributed by atoms with Gasteiger partial charge in [-0.15, -0.1) is 0 Å². The third-order valence-corrected chi connectivity index (χ3v) is 6.52. The molecule has 0 spiro atoms. The fraction of sp³-hybridized carbons (Fsp3) is 1.00. The lowest BCUT2D eigenvalue weighted by Gasteiger charge is -2.12. The lowest BCUT2D eigenvalue weighted by atomic mass is 10.1. The van der Waals surface area contributed by atoms with E-state index in [0.717, 1.165) is 25.7 Å². The van der Waals surface area contributed by atoms with Crippen molar-refractivity contribution >= 4 is 7.82 Å². The highest BCUT2D eigenvalue weighted by molar-refractivity contribution is 7.47. The van der Waals surface area contributed by atoms with E-state index in [0.29, 0.717) is 13.2 Å². The highest BCUT2D eigenvalue weighted by atomic mass is 31.2. The minimum absolute atomic E-state index is 0.321. The smallest absolute Gasteiger partial charge is 0.302 e. The van der Waals surface area contributed by atoms with Gasteiger partial charge in [0.1, 0.15) is 0 Å². The molecular formula is C24H51O4P. The summed E-state index contributed by atoms with van der Waals surface area (Å²) in [6.07, 6.45) is 24.8. The van der Waals surface area contributed by atoms with Crippen LogP contribution in [0.3, 0.4) is 0 Å². The predicted octanol–water partition coefficient (Wildman–Crippen LogP) is 8.96. The van der Waals surface area contributed by atoms with E-state index in [9.17, 15) is 9.46 Å². The minimum Gasteiger partial charge on any atom is -0.302 e. The van der Waals surface area contributed by atoms with Crippen LogP contribution in [0, 0.1) is 0 Å². The fourth-order valence-electron chi connectivity index (χ4n) is 3.58. The van der Waals surface area contributed by atoms with Crippen LogP contribution >= 0.6 is 7.82 Å². The summed E-state index contributed by atoms with van der Waals surface area (Å²) in [6, 6.07) is 0. The second kappa shape index (κ2) is 22.8. The quantitative estimate of drug-likeness (QED) is 0.122. The van der Waals surface area contributed by atoms with Crippen LogP contribution in [0.25, 0.3) is 0 Å². The summed E-state index contributed by atoms with van der Waals surface area (Å²) in [6.45, 7) is 5.13. The summed E-state index contributed by atoms with van der Waals surface area (Å²) < 4.78 is 22.0. The van der Waals surface area contributed by atoms with Crippen molar-refractivity contribution in [3.63, 3.8) is 0 Å². The molecule has 0 amide bonds. The Morgan fingerprint density at radius 2 is 0.724 bits per heavy atom. The molecule has 0 aliphatic carbocycles. The molecule has 29 heavy (non-hydrogen) atoms. The number of rotatable bonds is 24. The summed E-state index contributed by atoms with van der Waals surface area (Å²) >= 11 is 0. The van der Waals surface area contributed by atoms with Crippen LogP contribution in [0.15, 0.2) is 0 Å². The zero-order valence-corrected chi connectivity index (χ0v) is 20.6. The van der Waals surface area contributed by atoms with E-state index >= 15 is 0 Å². The van der Waals surface area contributed by atoms with Gasteiger partial charge in [-0.3, -0.25) is 9.05 Å². The van der Waals surface area contributed by atoms with Gasteiger partial charge >= 0.3 is 7.82 Å². The molecule has 1 N–H and O–H groups in total. The second-order valence-corrected chi connectivity index (χ2v) is 9.95. The average Bonchev–Trinajstić information content (AvgIpc) is 2.70. The van der Waals surface area contributed by atoms with Gasteiger partial charge in [0.15, 0.2) is 0 Å². The lowest BCUT2D eigenvalue weighted by Crippen LogP contribution is -1.99. The molecule has 176 valence electrons. The SMILES string of the molecule is CCCCCCCCCCCCCCOP(=O)(O)OCCCCCCCCCC. The van der Waals surface area contributed by atoms with Crippen LogP contribution in [-0.2, 0) is 13.6 Å². The molecule has 0 saturated heterocycles. The second-order valence-electron chi connectivity index (χ2n) is 8.50. The molecule has 5 heteroatoms. The molecule has 0 aromatic carbocycles. The summed E-state index contributed by atoms with van der Waals surface area (Å²) in [5.74, 6) is 0. The Kier molecular flexibility index (Phi) is 22.9. The van der Waals surface area contributed by atoms with Crippen LogP contribution in [0.4, 0.5) is 0 Å². The first-order valence-corrected chi connectivity index (χ1v) is 14.2. The molecule has 0 radical (unpaired) electrons. The third-order valence-electron chi connectivity index (χ3n) is 5.50.